The number of hydrogen-bond acceptors (Lipinski definition) is 7. The van der Waals surface area contributed by atoms with Crippen LogP contribution < -0.4 is 5.32 Å². The lowest BCUT2D eigenvalue weighted by atomic mass is 10.2. The van der Waals surface area contributed by atoms with Crippen LogP contribution in [0.25, 0.3) is 11.5 Å². The molecule has 4 rings (SSSR count). The van der Waals surface area contributed by atoms with E-state index in [0.717, 1.165) is 32.5 Å². The fourth-order valence-corrected chi connectivity index (χ4v) is 5.21. The fraction of sp³-hybridized carbons (Fsp3) is 0.526. The molecule has 3 heterocycles. The predicted molar refractivity (Wildman–Crippen MR) is 106 cm³/mol. The van der Waals surface area contributed by atoms with Crippen molar-refractivity contribution in [3.8, 4) is 11.5 Å². The summed E-state index contributed by atoms with van der Waals surface area (Å²) in [5, 5.41) is 10.5. The lowest BCUT2D eigenvalue weighted by Gasteiger charge is -2.15. The zero-order chi connectivity index (χ0) is 20.3. The third-order valence-electron chi connectivity index (χ3n) is 5.34. The highest BCUT2D eigenvalue weighted by Crippen LogP contribution is 2.24. The number of benzene rings is 1. The van der Waals surface area contributed by atoms with Crippen LogP contribution in [0.3, 0.4) is 0 Å². The number of nitrogens with zero attached hydrogens (tertiary/aromatic N) is 4. The second-order valence-electron chi connectivity index (χ2n) is 7.35. The van der Waals surface area contributed by atoms with Gasteiger partial charge in [-0.3, -0.25) is 4.79 Å². The van der Waals surface area contributed by atoms with Crippen molar-refractivity contribution in [3.05, 3.63) is 30.2 Å². The number of carbonyl (C=O) groups is 1. The second-order valence-corrected chi connectivity index (χ2v) is 9.29. The lowest BCUT2D eigenvalue weighted by Crippen LogP contribution is -2.33. The van der Waals surface area contributed by atoms with E-state index in [9.17, 15) is 13.2 Å². The Bertz CT molecular complexity index is 945. The largest absolute Gasteiger partial charge is 0.412 e. The van der Waals surface area contributed by atoms with Crippen LogP contribution in [0.15, 0.2) is 33.6 Å². The van der Waals surface area contributed by atoms with Crippen LogP contribution in [0.2, 0.25) is 0 Å². The maximum Gasteiger partial charge on any atom is 0.308 e. The Morgan fingerprint density at radius 1 is 1.00 bits per heavy atom. The van der Waals surface area contributed by atoms with E-state index in [0.29, 0.717) is 25.2 Å². The molecule has 1 N–H and O–H groups in total. The van der Waals surface area contributed by atoms with Crippen molar-refractivity contribution in [3.63, 3.8) is 0 Å². The van der Waals surface area contributed by atoms with Gasteiger partial charge < -0.3 is 14.6 Å². The first-order chi connectivity index (χ1) is 14.0. The molecule has 2 aliphatic heterocycles. The number of hydrogen-bond donors (Lipinski definition) is 1. The molecule has 2 fully saturated rings. The number of rotatable bonds is 7. The van der Waals surface area contributed by atoms with E-state index in [1.807, 2.05) is 0 Å². The highest BCUT2D eigenvalue weighted by atomic mass is 32.2. The second kappa shape index (κ2) is 8.60. The van der Waals surface area contributed by atoms with Crippen LogP contribution in [0, 0.1) is 0 Å². The summed E-state index contributed by atoms with van der Waals surface area (Å²) in [6.45, 7) is 4.60. The summed E-state index contributed by atoms with van der Waals surface area (Å²) in [5.41, 5.74) is 0.564. The molecule has 1 aromatic heterocycles. The molecule has 0 bridgehead atoms. The van der Waals surface area contributed by atoms with Crippen molar-refractivity contribution in [1.29, 1.82) is 0 Å². The van der Waals surface area contributed by atoms with Gasteiger partial charge in [-0.2, -0.15) is 4.31 Å². The molecule has 2 saturated heterocycles. The van der Waals surface area contributed by atoms with E-state index in [1.165, 1.54) is 29.3 Å². The molecule has 1 aromatic carbocycles. The van der Waals surface area contributed by atoms with Crippen LogP contribution in [-0.2, 0) is 10.0 Å². The van der Waals surface area contributed by atoms with Gasteiger partial charge in [0, 0.05) is 31.7 Å². The number of likely N-dealkylation sites (tertiary alicyclic amines) is 1. The highest BCUT2D eigenvalue weighted by Gasteiger charge is 2.27. The number of amides is 1. The van der Waals surface area contributed by atoms with E-state index in [2.05, 4.69) is 20.4 Å². The van der Waals surface area contributed by atoms with Gasteiger partial charge in [-0.05, 0) is 63.0 Å². The molecule has 0 unspecified atom stereocenters. The van der Waals surface area contributed by atoms with Crippen LogP contribution in [0.5, 0.6) is 0 Å². The molecule has 1 amide bonds. The van der Waals surface area contributed by atoms with Gasteiger partial charge in [0.05, 0.1) is 4.90 Å². The summed E-state index contributed by atoms with van der Waals surface area (Å²) < 4.78 is 32.1. The summed E-state index contributed by atoms with van der Waals surface area (Å²) in [6, 6.07) is 6.29. The van der Waals surface area contributed by atoms with E-state index < -0.39 is 15.9 Å². The average Bonchev–Trinajstić information content (AvgIpc) is 3.50. The van der Waals surface area contributed by atoms with Gasteiger partial charge in [0.1, 0.15) is 0 Å². The maximum absolute atomic E-state index is 12.6. The van der Waals surface area contributed by atoms with E-state index in [4.69, 9.17) is 4.42 Å². The molecular formula is C19H25N5O4S. The first-order valence-corrected chi connectivity index (χ1v) is 11.4. The molecular weight excluding hydrogens is 394 g/mol. The van der Waals surface area contributed by atoms with E-state index >= 15 is 0 Å². The first-order valence-electron chi connectivity index (χ1n) is 9.99. The molecule has 0 saturated carbocycles. The van der Waals surface area contributed by atoms with Crippen molar-refractivity contribution < 1.29 is 17.6 Å². The van der Waals surface area contributed by atoms with Crippen LogP contribution in [0.1, 0.15) is 36.4 Å². The molecule has 0 spiro atoms. The van der Waals surface area contributed by atoms with Gasteiger partial charge >= 0.3 is 11.8 Å². The molecule has 2 aliphatic rings. The molecule has 10 heteroatoms. The summed E-state index contributed by atoms with van der Waals surface area (Å²) >= 11 is 0. The fourth-order valence-electron chi connectivity index (χ4n) is 3.69. The minimum Gasteiger partial charge on any atom is -0.412 e. The number of nitrogens with one attached hydrogen (secondary N) is 1. The Kier molecular flexibility index (Phi) is 5.93. The van der Waals surface area contributed by atoms with Gasteiger partial charge in [0.15, 0.2) is 0 Å². The summed E-state index contributed by atoms with van der Waals surface area (Å²) in [4.78, 5) is 14.7. The van der Waals surface area contributed by atoms with E-state index in [1.54, 1.807) is 12.1 Å². The molecule has 29 heavy (non-hydrogen) atoms. The standard InChI is InChI=1S/C19H25N5O4S/c25-17(20-9-14-23-10-1-2-11-23)19-22-21-18(28-19)15-5-7-16(8-6-15)29(26,27)24-12-3-4-13-24/h5-8H,1-4,9-14H2,(H,20,25). The molecule has 9 nitrogen and oxygen atoms in total. The molecule has 2 aromatic rings. The van der Waals surface area contributed by atoms with Crippen molar-refractivity contribution in [2.75, 3.05) is 39.3 Å². The van der Waals surface area contributed by atoms with Crippen LogP contribution in [0.4, 0.5) is 0 Å². The predicted octanol–water partition coefficient (Wildman–Crippen LogP) is 1.35. The minimum absolute atomic E-state index is 0.102. The molecule has 0 radical (unpaired) electrons. The van der Waals surface area contributed by atoms with Gasteiger partial charge in [0.25, 0.3) is 0 Å². The molecule has 0 aliphatic carbocycles. The molecule has 156 valence electrons. The average molecular weight is 420 g/mol. The number of aromatic nitrogens is 2. The lowest BCUT2D eigenvalue weighted by molar-refractivity contribution is 0.0915. The van der Waals surface area contributed by atoms with Crippen molar-refractivity contribution in [1.82, 2.24) is 24.7 Å². The minimum atomic E-state index is -3.46. The Morgan fingerprint density at radius 2 is 1.66 bits per heavy atom. The van der Waals surface area contributed by atoms with Crippen LogP contribution in [-0.4, -0.2) is 73.0 Å². The highest BCUT2D eigenvalue weighted by molar-refractivity contribution is 7.89. The van der Waals surface area contributed by atoms with Gasteiger partial charge in [0.2, 0.25) is 15.9 Å². The Balaban J connectivity index is 1.38. The summed E-state index contributed by atoms with van der Waals surface area (Å²) in [6.07, 6.45) is 4.20. The number of carbonyl (C=O) groups excluding carboxylic acids is 1. The summed E-state index contributed by atoms with van der Waals surface area (Å²) in [5.74, 6) is -0.328. The quantitative estimate of drug-likeness (QED) is 0.721. The van der Waals surface area contributed by atoms with Gasteiger partial charge in [-0.1, -0.05) is 0 Å². The third kappa shape index (κ3) is 4.49. The Hall–Kier alpha value is -2.30. The van der Waals surface area contributed by atoms with Crippen LogP contribution >= 0.6 is 0 Å². The van der Waals surface area contributed by atoms with Crippen molar-refractivity contribution in [2.24, 2.45) is 0 Å². The van der Waals surface area contributed by atoms with Gasteiger partial charge in [-0.15, -0.1) is 10.2 Å². The molecule has 0 atom stereocenters. The van der Waals surface area contributed by atoms with Gasteiger partial charge in [-0.25, -0.2) is 8.42 Å². The summed E-state index contributed by atoms with van der Waals surface area (Å²) in [7, 11) is -3.46. The SMILES string of the molecule is O=C(NCCN1CCCC1)c1nnc(-c2ccc(S(=O)(=O)N3CCCC3)cc2)o1. The normalized spacial score (nSPS) is 18.3. The van der Waals surface area contributed by atoms with Crippen molar-refractivity contribution >= 4 is 15.9 Å². The van der Waals surface area contributed by atoms with E-state index in [-0.39, 0.29) is 16.7 Å². The zero-order valence-electron chi connectivity index (χ0n) is 16.2. The first kappa shape index (κ1) is 20.0. The smallest absolute Gasteiger partial charge is 0.308 e. The number of sulfonamides is 1. The topological polar surface area (TPSA) is 109 Å². The Morgan fingerprint density at radius 3 is 2.34 bits per heavy atom. The van der Waals surface area contributed by atoms with Crippen molar-refractivity contribution in [2.45, 2.75) is 30.6 Å². The third-order valence-corrected chi connectivity index (χ3v) is 7.25. The monoisotopic (exact) mass is 419 g/mol. The Labute approximate surface area is 170 Å². The maximum atomic E-state index is 12.6. The zero-order valence-corrected chi connectivity index (χ0v) is 17.0.